The Kier molecular flexibility index (Phi) is 4.13. The fourth-order valence-electron chi connectivity index (χ4n) is 2.38. The minimum absolute atomic E-state index is 0.00330. The van der Waals surface area contributed by atoms with Crippen molar-refractivity contribution in [1.29, 1.82) is 0 Å². The summed E-state index contributed by atoms with van der Waals surface area (Å²) in [5.74, 6) is -0.293. The van der Waals surface area contributed by atoms with Crippen molar-refractivity contribution in [2.75, 3.05) is 11.4 Å². The zero-order chi connectivity index (χ0) is 14.7. The van der Waals surface area contributed by atoms with Crippen LogP contribution < -0.4 is 4.90 Å². The van der Waals surface area contributed by atoms with E-state index in [-0.39, 0.29) is 23.4 Å². The number of aromatic hydroxyl groups is 2. The molecule has 2 aromatic rings. The molecule has 0 bridgehead atoms. The Hall–Kier alpha value is -2.23. The van der Waals surface area contributed by atoms with Crippen LogP contribution in [-0.4, -0.2) is 16.8 Å². The molecule has 0 aromatic heterocycles. The molecule has 0 fully saturated rings. The summed E-state index contributed by atoms with van der Waals surface area (Å²) in [6.07, 6.45) is 0. The number of para-hydroxylation sites is 1. The molecular weight excluding hydrogens is 257 g/mol. The third-order valence-corrected chi connectivity index (χ3v) is 3.38. The topological polar surface area (TPSA) is 43.7 Å². The molecule has 4 heteroatoms. The van der Waals surface area contributed by atoms with Crippen molar-refractivity contribution in [3.63, 3.8) is 0 Å². The van der Waals surface area contributed by atoms with Gasteiger partial charge >= 0.3 is 0 Å². The zero-order valence-corrected chi connectivity index (χ0v) is 11.5. The highest BCUT2D eigenvalue weighted by Gasteiger charge is 2.18. The summed E-state index contributed by atoms with van der Waals surface area (Å²) in [6, 6.07) is 10.8. The van der Waals surface area contributed by atoms with Gasteiger partial charge in [-0.1, -0.05) is 12.1 Å². The van der Waals surface area contributed by atoms with E-state index < -0.39 is 0 Å². The van der Waals surface area contributed by atoms with Crippen LogP contribution in [0.1, 0.15) is 25.5 Å². The molecular formula is C16H18FNO2. The lowest BCUT2D eigenvalue weighted by Gasteiger charge is -2.31. The summed E-state index contributed by atoms with van der Waals surface area (Å²) in [5, 5.41) is 19.1. The normalized spacial score (nSPS) is 12.2. The lowest BCUT2D eigenvalue weighted by Crippen LogP contribution is -2.27. The van der Waals surface area contributed by atoms with E-state index in [9.17, 15) is 14.6 Å². The van der Waals surface area contributed by atoms with Gasteiger partial charge in [0, 0.05) is 12.6 Å². The van der Waals surface area contributed by atoms with Crippen LogP contribution in [0.25, 0.3) is 0 Å². The van der Waals surface area contributed by atoms with Crippen molar-refractivity contribution in [3.05, 3.63) is 53.8 Å². The standard InChI is InChI=1S/C16H18FNO2/c1-3-18(16-7-5-4-6-15(16)17)11(2)12-8-13(19)10-14(20)9-12/h4-11,19-20H,3H2,1-2H3. The van der Waals surface area contributed by atoms with E-state index in [1.54, 1.807) is 30.3 Å². The average Bonchev–Trinajstić information content (AvgIpc) is 2.40. The second kappa shape index (κ2) is 5.82. The fourth-order valence-corrected chi connectivity index (χ4v) is 2.38. The Morgan fingerprint density at radius 3 is 2.25 bits per heavy atom. The summed E-state index contributed by atoms with van der Waals surface area (Å²) in [6.45, 7) is 4.45. The Morgan fingerprint density at radius 2 is 1.70 bits per heavy atom. The number of hydrogen-bond acceptors (Lipinski definition) is 3. The molecule has 3 nitrogen and oxygen atoms in total. The van der Waals surface area contributed by atoms with Crippen molar-refractivity contribution >= 4 is 5.69 Å². The van der Waals surface area contributed by atoms with Crippen LogP contribution in [0.2, 0.25) is 0 Å². The number of phenols is 2. The lowest BCUT2D eigenvalue weighted by molar-refractivity contribution is 0.448. The third-order valence-electron chi connectivity index (χ3n) is 3.38. The van der Waals surface area contributed by atoms with Gasteiger partial charge in [0.2, 0.25) is 0 Å². The van der Waals surface area contributed by atoms with E-state index in [1.165, 1.54) is 12.1 Å². The van der Waals surface area contributed by atoms with Gasteiger partial charge in [0.1, 0.15) is 17.3 Å². The van der Waals surface area contributed by atoms with Gasteiger partial charge in [0.05, 0.1) is 11.7 Å². The molecule has 0 radical (unpaired) electrons. The molecule has 0 amide bonds. The van der Waals surface area contributed by atoms with Crippen LogP contribution in [0.3, 0.4) is 0 Å². The molecule has 2 rings (SSSR count). The van der Waals surface area contributed by atoms with Gasteiger partial charge in [0.25, 0.3) is 0 Å². The molecule has 2 N–H and O–H groups in total. The highest BCUT2D eigenvalue weighted by atomic mass is 19.1. The van der Waals surface area contributed by atoms with Crippen molar-refractivity contribution in [1.82, 2.24) is 0 Å². The largest absolute Gasteiger partial charge is 0.508 e. The molecule has 20 heavy (non-hydrogen) atoms. The molecule has 106 valence electrons. The average molecular weight is 275 g/mol. The van der Waals surface area contributed by atoms with Crippen LogP contribution in [0.5, 0.6) is 11.5 Å². The summed E-state index contributed by atoms with van der Waals surface area (Å²) in [5.41, 5.74) is 1.23. The van der Waals surface area contributed by atoms with Crippen molar-refractivity contribution in [3.8, 4) is 11.5 Å². The van der Waals surface area contributed by atoms with E-state index >= 15 is 0 Å². The summed E-state index contributed by atoms with van der Waals surface area (Å²) < 4.78 is 13.9. The molecule has 1 unspecified atom stereocenters. The molecule has 0 saturated heterocycles. The number of hydrogen-bond donors (Lipinski definition) is 2. The zero-order valence-electron chi connectivity index (χ0n) is 11.5. The first kappa shape index (κ1) is 14.2. The maximum Gasteiger partial charge on any atom is 0.146 e. The highest BCUT2D eigenvalue weighted by molar-refractivity contribution is 5.51. The van der Waals surface area contributed by atoms with E-state index in [0.29, 0.717) is 12.2 Å². The third kappa shape index (κ3) is 2.85. The van der Waals surface area contributed by atoms with E-state index in [0.717, 1.165) is 5.56 Å². The number of rotatable bonds is 4. The maximum absolute atomic E-state index is 13.9. The quantitative estimate of drug-likeness (QED) is 0.891. The summed E-state index contributed by atoms with van der Waals surface area (Å²) in [7, 11) is 0. The molecule has 0 spiro atoms. The minimum atomic E-state index is -0.287. The van der Waals surface area contributed by atoms with E-state index in [4.69, 9.17) is 0 Å². The molecule has 0 heterocycles. The summed E-state index contributed by atoms with van der Waals surface area (Å²) in [4.78, 5) is 1.88. The number of halogens is 1. The predicted octanol–water partition coefficient (Wildman–Crippen LogP) is 3.82. The van der Waals surface area contributed by atoms with Crippen LogP contribution in [0, 0.1) is 5.82 Å². The Morgan fingerprint density at radius 1 is 1.10 bits per heavy atom. The van der Waals surface area contributed by atoms with Crippen LogP contribution in [-0.2, 0) is 0 Å². The lowest BCUT2D eigenvalue weighted by atomic mass is 10.0. The maximum atomic E-state index is 13.9. The minimum Gasteiger partial charge on any atom is -0.508 e. The molecule has 0 aliphatic heterocycles. The predicted molar refractivity (Wildman–Crippen MR) is 77.6 cm³/mol. The SMILES string of the molecule is CCN(c1ccccc1F)C(C)c1cc(O)cc(O)c1. The van der Waals surface area contributed by atoms with E-state index in [1.807, 2.05) is 18.7 Å². The van der Waals surface area contributed by atoms with Gasteiger partial charge in [-0.3, -0.25) is 0 Å². The second-order valence-electron chi connectivity index (χ2n) is 4.70. The van der Waals surface area contributed by atoms with Crippen LogP contribution in [0.15, 0.2) is 42.5 Å². The molecule has 0 aliphatic rings. The van der Waals surface area contributed by atoms with Gasteiger partial charge < -0.3 is 15.1 Å². The number of benzene rings is 2. The smallest absolute Gasteiger partial charge is 0.146 e. The monoisotopic (exact) mass is 275 g/mol. The molecule has 0 aliphatic carbocycles. The van der Waals surface area contributed by atoms with Gasteiger partial charge in [-0.15, -0.1) is 0 Å². The van der Waals surface area contributed by atoms with Crippen molar-refractivity contribution in [2.45, 2.75) is 19.9 Å². The first-order valence-corrected chi connectivity index (χ1v) is 6.57. The van der Waals surface area contributed by atoms with Gasteiger partial charge in [-0.25, -0.2) is 4.39 Å². The Bertz CT molecular complexity index is 581. The van der Waals surface area contributed by atoms with E-state index in [2.05, 4.69) is 0 Å². The fraction of sp³-hybridized carbons (Fsp3) is 0.250. The van der Waals surface area contributed by atoms with Crippen molar-refractivity contribution in [2.24, 2.45) is 0 Å². The number of nitrogens with zero attached hydrogens (tertiary/aromatic N) is 1. The highest BCUT2D eigenvalue weighted by Crippen LogP contribution is 2.32. The number of phenolic OH excluding ortho intramolecular Hbond substituents is 2. The molecule has 1 atom stereocenters. The Labute approximate surface area is 117 Å². The second-order valence-corrected chi connectivity index (χ2v) is 4.70. The first-order valence-electron chi connectivity index (χ1n) is 6.57. The number of anilines is 1. The first-order chi connectivity index (χ1) is 9.52. The Balaban J connectivity index is 2.39. The summed E-state index contributed by atoms with van der Waals surface area (Å²) >= 11 is 0. The van der Waals surface area contributed by atoms with Crippen LogP contribution in [0.4, 0.5) is 10.1 Å². The molecule has 2 aromatic carbocycles. The molecule has 0 saturated carbocycles. The van der Waals surface area contributed by atoms with Gasteiger partial charge in [-0.05, 0) is 43.7 Å². The van der Waals surface area contributed by atoms with Gasteiger partial charge in [0.15, 0.2) is 0 Å². The van der Waals surface area contributed by atoms with Crippen LogP contribution >= 0.6 is 0 Å². The van der Waals surface area contributed by atoms with Gasteiger partial charge in [-0.2, -0.15) is 0 Å². The van der Waals surface area contributed by atoms with Crippen molar-refractivity contribution < 1.29 is 14.6 Å².